The van der Waals surface area contributed by atoms with E-state index in [4.69, 9.17) is 4.74 Å². The molecule has 0 amide bonds. The predicted molar refractivity (Wildman–Crippen MR) is 76.8 cm³/mol. The lowest BCUT2D eigenvalue weighted by molar-refractivity contribution is -0.383. The van der Waals surface area contributed by atoms with E-state index in [2.05, 4.69) is 10.3 Å². The van der Waals surface area contributed by atoms with Crippen LogP contribution in [-0.4, -0.2) is 36.7 Å². The van der Waals surface area contributed by atoms with Crippen LogP contribution in [-0.2, 0) is 11.2 Å². The lowest BCUT2D eigenvalue weighted by Gasteiger charge is -2.16. The highest BCUT2D eigenvalue weighted by Gasteiger charge is 2.17. The van der Waals surface area contributed by atoms with Crippen molar-refractivity contribution in [3.63, 3.8) is 0 Å². The summed E-state index contributed by atoms with van der Waals surface area (Å²) in [6, 6.07) is 7.13. The van der Waals surface area contributed by atoms with Gasteiger partial charge in [-0.1, -0.05) is 12.1 Å². The maximum absolute atomic E-state index is 11.0. The first kappa shape index (κ1) is 14.4. The molecule has 0 fully saturated rings. The van der Waals surface area contributed by atoms with Crippen LogP contribution in [0.15, 0.2) is 30.5 Å². The summed E-state index contributed by atoms with van der Waals surface area (Å²) in [5, 5.41) is 15.0. The quantitative estimate of drug-likeness (QED) is 0.643. The molecule has 1 aromatic heterocycles. The van der Waals surface area contributed by atoms with Crippen LogP contribution in [0, 0.1) is 10.1 Å². The standard InChI is InChI=1S/C14H17N3O3/c1-15-11(9-20-2)8-10-5-6-13(17(18)19)14-12(10)4-3-7-16-14/h3-7,11,15H,8-9H2,1-2H3. The van der Waals surface area contributed by atoms with E-state index in [0.717, 1.165) is 17.4 Å². The maximum atomic E-state index is 11.0. The Labute approximate surface area is 116 Å². The third-order valence-corrected chi connectivity index (χ3v) is 3.28. The minimum absolute atomic E-state index is 0.0390. The summed E-state index contributed by atoms with van der Waals surface area (Å²) >= 11 is 0. The van der Waals surface area contributed by atoms with Crippen LogP contribution in [0.5, 0.6) is 0 Å². The highest BCUT2D eigenvalue weighted by molar-refractivity contribution is 5.89. The van der Waals surface area contributed by atoms with Gasteiger partial charge in [-0.2, -0.15) is 0 Å². The minimum atomic E-state index is -0.399. The van der Waals surface area contributed by atoms with Gasteiger partial charge in [0.2, 0.25) is 0 Å². The van der Waals surface area contributed by atoms with Crippen molar-refractivity contribution in [3.8, 4) is 0 Å². The molecule has 0 saturated heterocycles. The van der Waals surface area contributed by atoms with Crippen LogP contribution in [0.3, 0.4) is 0 Å². The van der Waals surface area contributed by atoms with Gasteiger partial charge in [-0.05, 0) is 25.1 Å². The fourth-order valence-electron chi connectivity index (χ4n) is 2.25. The van der Waals surface area contributed by atoms with Gasteiger partial charge in [-0.3, -0.25) is 10.1 Å². The second-order valence-corrected chi connectivity index (χ2v) is 4.55. The first-order valence-corrected chi connectivity index (χ1v) is 6.34. The van der Waals surface area contributed by atoms with Crippen molar-refractivity contribution < 1.29 is 9.66 Å². The van der Waals surface area contributed by atoms with E-state index in [1.165, 1.54) is 6.07 Å². The SMILES string of the molecule is CNC(COC)Cc1ccc([N+](=O)[O-])c2ncccc12. The third kappa shape index (κ3) is 2.92. The maximum Gasteiger partial charge on any atom is 0.295 e. The summed E-state index contributed by atoms with van der Waals surface area (Å²) in [5.41, 5.74) is 1.49. The zero-order valence-electron chi connectivity index (χ0n) is 11.5. The number of nitro benzene ring substituents is 1. The number of nitrogens with zero attached hydrogens (tertiary/aromatic N) is 2. The molecule has 0 saturated carbocycles. The van der Waals surface area contributed by atoms with E-state index in [0.29, 0.717) is 12.1 Å². The highest BCUT2D eigenvalue weighted by atomic mass is 16.6. The Morgan fingerprint density at radius 1 is 1.45 bits per heavy atom. The number of pyridine rings is 1. The molecule has 1 aromatic carbocycles. The molecule has 2 rings (SSSR count). The smallest absolute Gasteiger partial charge is 0.295 e. The molecular formula is C14H17N3O3. The molecule has 0 aliphatic rings. The van der Waals surface area contributed by atoms with Crippen molar-refractivity contribution in [2.24, 2.45) is 0 Å². The highest BCUT2D eigenvalue weighted by Crippen LogP contribution is 2.27. The molecule has 6 nitrogen and oxygen atoms in total. The van der Waals surface area contributed by atoms with Crippen molar-refractivity contribution in [2.45, 2.75) is 12.5 Å². The number of hydrogen-bond acceptors (Lipinski definition) is 5. The first-order chi connectivity index (χ1) is 9.67. The number of methoxy groups -OCH3 is 1. The van der Waals surface area contributed by atoms with E-state index < -0.39 is 4.92 Å². The van der Waals surface area contributed by atoms with Crippen LogP contribution in [0.4, 0.5) is 5.69 Å². The normalized spacial score (nSPS) is 12.5. The number of non-ortho nitro benzene ring substituents is 1. The Balaban J connectivity index is 2.45. The number of benzene rings is 1. The Morgan fingerprint density at radius 3 is 2.90 bits per heavy atom. The lowest BCUT2D eigenvalue weighted by atomic mass is 10.0. The van der Waals surface area contributed by atoms with Crippen LogP contribution in [0.25, 0.3) is 10.9 Å². The van der Waals surface area contributed by atoms with Crippen LogP contribution in [0.1, 0.15) is 5.56 Å². The molecule has 0 bridgehead atoms. The Morgan fingerprint density at radius 2 is 2.25 bits per heavy atom. The Bertz CT molecular complexity index is 616. The summed E-state index contributed by atoms with van der Waals surface area (Å²) in [7, 11) is 3.52. The summed E-state index contributed by atoms with van der Waals surface area (Å²) in [6.45, 7) is 0.579. The number of nitrogens with one attached hydrogen (secondary N) is 1. The number of aromatic nitrogens is 1. The second kappa shape index (κ2) is 6.40. The number of likely N-dealkylation sites (N-methyl/N-ethyl adjacent to an activating group) is 1. The predicted octanol–water partition coefficient (Wildman–Crippen LogP) is 1.92. The van der Waals surface area contributed by atoms with Crippen molar-refractivity contribution in [1.82, 2.24) is 10.3 Å². The minimum Gasteiger partial charge on any atom is -0.383 e. The monoisotopic (exact) mass is 275 g/mol. The number of fused-ring (bicyclic) bond motifs is 1. The number of hydrogen-bond donors (Lipinski definition) is 1. The fraction of sp³-hybridized carbons (Fsp3) is 0.357. The zero-order chi connectivity index (χ0) is 14.5. The van der Waals surface area contributed by atoms with Gasteiger partial charge in [0.15, 0.2) is 0 Å². The molecule has 1 unspecified atom stereocenters. The average Bonchev–Trinajstić information content (AvgIpc) is 2.46. The van der Waals surface area contributed by atoms with Crippen molar-refractivity contribution in [3.05, 3.63) is 46.1 Å². The molecule has 2 aromatic rings. The topological polar surface area (TPSA) is 77.3 Å². The molecular weight excluding hydrogens is 258 g/mol. The van der Waals surface area contributed by atoms with Gasteiger partial charge in [-0.25, -0.2) is 4.98 Å². The molecule has 20 heavy (non-hydrogen) atoms. The number of rotatable bonds is 6. The molecule has 0 radical (unpaired) electrons. The van der Waals surface area contributed by atoms with Gasteiger partial charge in [0, 0.05) is 30.8 Å². The summed E-state index contributed by atoms with van der Waals surface area (Å²) in [5.74, 6) is 0. The molecule has 0 spiro atoms. The molecule has 1 heterocycles. The van der Waals surface area contributed by atoms with Crippen molar-refractivity contribution in [1.29, 1.82) is 0 Å². The largest absolute Gasteiger partial charge is 0.383 e. The molecule has 1 N–H and O–H groups in total. The molecule has 6 heteroatoms. The first-order valence-electron chi connectivity index (χ1n) is 6.34. The van der Waals surface area contributed by atoms with E-state index in [1.54, 1.807) is 25.4 Å². The van der Waals surface area contributed by atoms with Crippen LogP contribution < -0.4 is 5.32 Å². The molecule has 0 aliphatic carbocycles. The number of ether oxygens (including phenoxy) is 1. The van der Waals surface area contributed by atoms with Gasteiger partial charge in [-0.15, -0.1) is 0 Å². The zero-order valence-corrected chi connectivity index (χ0v) is 11.5. The van der Waals surface area contributed by atoms with E-state index in [9.17, 15) is 10.1 Å². The summed E-state index contributed by atoms with van der Waals surface area (Å²) in [4.78, 5) is 14.8. The summed E-state index contributed by atoms with van der Waals surface area (Å²) in [6.07, 6.45) is 2.30. The van der Waals surface area contributed by atoms with E-state index in [-0.39, 0.29) is 11.7 Å². The van der Waals surface area contributed by atoms with Crippen LogP contribution >= 0.6 is 0 Å². The van der Waals surface area contributed by atoms with E-state index >= 15 is 0 Å². The van der Waals surface area contributed by atoms with Crippen molar-refractivity contribution >= 4 is 16.6 Å². The van der Waals surface area contributed by atoms with Crippen LogP contribution in [0.2, 0.25) is 0 Å². The fourth-order valence-corrected chi connectivity index (χ4v) is 2.25. The molecule has 0 aliphatic heterocycles. The van der Waals surface area contributed by atoms with Crippen molar-refractivity contribution in [2.75, 3.05) is 20.8 Å². The van der Waals surface area contributed by atoms with Gasteiger partial charge >= 0.3 is 0 Å². The lowest BCUT2D eigenvalue weighted by Crippen LogP contribution is -2.32. The Hall–Kier alpha value is -2.05. The second-order valence-electron chi connectivity index (χ2n) is 4.55. The van der Waals surface area contributed by atoms with Gasteiger partial charge in [0.25, 0.3) is 5.69 Å². The van der Waals surface area contributed by atoms with Gasteiger partial charge in [0.1, 0.15) is 5.52 Å². The average molecular weight is 275 g/mol. The van der Waals surface area contributed by atoms with Gasteiger partial charge < -0.3 is 10.1 Å². The molecule has 1 atom stereocenters. The summed E-state index contributed by atoms with van der Waals surface area (Å²) < 4.78 is 5.15. The third-order valence-electron chi connectivity index (χ3n) is 3.28. The van der Waals surface area contributed by atoms with Gasteiger partial charge in [0.05, 0.1) is 11.5 Å². The Kier molecular flexibility index (Phi) is 4.60. The number of nitro groups is 1. The van der Waals surface area contributed by atoms with E-state index in [1.807, 2.05) is 13.1 Å². The molecule has 106 valence electrons.